The molecule has 1 fully saturated rings. The van der Waals surface area contributed by atoms with Crippen molar-refractivity contribution >= 4 is 21.8 Å². The van der Waals surface area contributed by atoms with Crippen LogP contribution in [0.4, 0.5) is 0 Å². The van der Waals surface area contributed by atoms with Crippen LogP contribution in [-0.2, 0) is 10.2 Å². The number of benzene rings is 1. The molecule has 1 amide bonds. The van der Waals surface area contributed by atoms with Gasteiger partial charge in [0.05, 0.1) is 5.54 Å². The fraction of sp³-hybridized carbons (Fsp3) is 0.500. The van der Waals surface area contributed by atoms with Gasteiger partial charge < -0.3 is 11.1 Å². The molecular weight excluding hydrogens is 292 g/mol. The molecule has 0 unspecified atom stereocenters. The molecule has 1 saturated carbocycles. The van der Waals surface area contributed by atoms with Gasteiger partial charge in [-0.1, -0.05) is 34.1 Å². The number of rotatable bonds is 4. The van der Waals surface area contributed by atoms with Crippen LogP contribution in [0.5, 0.6) is 0 Å². The zero-order valence-electron chi connectivity index (χ0n) is 10.8. The Morgan fingerprint density at radius 1 is 1.44 bits per heavy atom. The Morgan fingerprint density at radius 2 is 2.06 bits per heavy atom. The maximum absolute atomic E-state index is 11.8. The lowest BCUT2D eigenvalue weighted by Gasteiger charge is -2.22. The first-order valence-electron chi connectivity index (χ1n) is 6.17. The molecule has 0 spiro atoms. The molecule has 0 saturated heterocycles. The average Bonchev–Trinajstić information content (AvgIpc) is 3.06. The van der Waals surface area contributed by atoms with Crippen molar-refractivity contribution in [3.8, 4) is 0 Å². The third-order valence-corrected chi connectivity index (χ3v) is 4.16. The van der Waals surface area contributed by atoms with Gasteiger partial charge in [0.1, 0.15) is 0 Å². The molecule has 0 radical (unpaired) electrons. The molecule has 2 rings (SSSR count). The molecule has 0 heterocycles. The third-order valence-electron chi connectivity index (χ3n) is 3.47. The Labute approximate surface area is 116 Å². The van der Waals surface area contributed by atoms with Crippen LogP contribution < -0.4 is 11.1 Å². The van der Waals surface area contributed by atoms with E-state index in [-0.39, 0.29) is 11.3 Å². The van der Waals surface area contributed by atoms with E-state index in [4.69, 9.17) is 5.73 Å². The smallest absolute Gasteiger partial charge is 0.239 e. The monoisotopic (exact) mass is 310 g/mol. The molecule has 98 valence electrons. The second kappa shape index (κ2) is 4.67. The number of hydrogen-bond donors (Lipinski definition) is 2. The zero-order chi connectivity index (χ0) is 13.4. The minimum atomic E-state index is -0.815. The van der Waals surface area contributed by atoms with Crippen LogP contribution in [0.15, 0.2) is 28.7 Å². The Hall–Kier alpha value is -0.870. The number of halogens is 1. The lowest BCUT2D eigenvalue weighted by atomic mass is 9.95. The summed E-state index contributed by atoms with van der Waals surface area (Å²) in [5, 5.41) is 2.97. The fourth-order valence-corrected chi connectivity index (χ4v) is 2.77. The Balaban J connectivity index is 2.06. The molecule has 1 aromatic carbocycles. The van der Waals surface area contributed by atoms with Crippen molar-refractivity contribution in [2.75, 3.05) is 6.54 Å². The number of nitrogens with two attached hydrogens (primary N) is 1. The summed E-state index contributed by atoms with van der Waals surface area (Å²) < 4.78 is 1.11. The highest BCUT2D eigenvalue weighted by Crippen LogP contribution is 2.49. The molecule has 0 bridgehead atoms. The lowest BCUT2D eigenvalue weighted by molar-refractivity contribution is -0.125. The predicted molar refractivity (Wildman–Crippen MR) is 76.3 cm³/mol. The van der Waals surface area contributed by atoms with Gasteiger partial charge in [0, 0.05) is 16.4 Å². The average molecular weight is 311 g/mol. The normalized spacial score (nSPS) is 17.3. The standard InChI is InChI=1S/C14H19BrN2O/c1-13(2,16)12(18)17-9-14(7-8-14)10-5-3-4-6-11(10)15/h3-6H,7-9,16H2,1-2H3,(H,17,18). The first kappa shape index (κ1) is 13.6. The number of nitrogens with one attached hydrogen (secondary N) is 1. The van der Waals surface area contributed by atoms with E-state index in [1.54, 1.807) is 13.8 Å². The van der Waals surface area contributed by atoms with Gasteiger partial charge in [-0.3, -0.25) is 4.79 Å². The van der Waals surface area contributed by atoms with Crippen molar-refractivity contribution in [3.05, 3.63) is 34.3 Å². The van der Waals surface area contributed by atoms with E-state index in [9.17, 15) is 4.79 Å². The third kappa shape index (κ3) is 2.75. The second-order valence-corrected chi connectivity index (χ2v) is 6.52. The van der Waals surface area contributed by atoms with Crippen LogP contribution in [0, 0.1) is 0 Å². The van der Waals surface area contributed by atoms with Crippen LogP contribution in [0.3, 0.4) is 0 Å². The van der Waals surface area contributed by atoms with Gasteiger partial charge in [-0.05, 0) is 38.3 Å². The van der Waals surface area contributed by atoms with E-state index in [1.165, 1.54) is 5.56 Å². The highest BCUT2D eigenvalue weighted by atomic mass is 79.9. The van der Waals surface area contributed by atoms with Gasteiger partial charge in [0.2, 0.25) is 5.91 Å². The molecule has 3 nitrogen and oxygen atoms in total. The number of hydrogen-bond acceptors (Lipinski definition) is 2. The molecule has 4 heteroatoms. The number of carbonyl (C=O) groups excluding carboxylic acids is 1. The highest BCUT2D eigenvalue weighted by Gasteiger charge is 2.45. The topological polar surface area (TPSA) is 55.1 Å². The molecule has 0 aromatic heterocycles. The van der Waals surface area contributed by atoms with Crippen LogP contribution in [0.1, 0.15) is 32.3 Å². The van der Waals surface area contributed by atoms with Crippen molar-refractivity contribution in [3.63, 3.8) is 0 Å². The Kier molecular flexibility index (Phi) is 3.52. The summed E-state index contributed by atoms with van der Waals surface area (Å²) in [6, 6.07) is 8.21. The first-order chi connectivity index (χ1) is 8.35. The van der Waals surface area contributed by atoms with Crippen LogP contribution >= 0.6 is 15.9 Å². The van der Waals surface area contributed by atoms with Crippen LogP contribution in [-0.4, -0.2) is 18.0 Å². The molecule has 1 aliphatic rings. The van der Waals surface area contributed by atoms with Gasteiger partial charge in [-0.2, -0.15) is 0 Å². The van der Waals surface area contributed by atoms with E-state index in [0.717, 1.165) is 17.3 Å². The van der Waals surface area contributed by atoms with E-state index in [1.807, 2.05) is 18.2 Å². The van der Waals surface area contributed by atoms with E-state index in [0.29, 0.717) is 6.54 Å². The molecule has 0 aliphatic heterocycles. The van der Waals surface area contributed by atoms with Crippen molar-refractivity contribution in [1.82, 2.24) is 5.32 Å². The van der Waals surface area contributed by atoms with Crippen LogP contribution in [0.2, 0.25) is 0 Å². The predicted octanol–water partition coefficient (Wildman–Crippen LogP) is 2.33. The summed E-state index contributed by atoms with van der Waals surface area (Å²) in [5.41, 5.74) is 6.34. The van der Waals surface area contributed by atoms with Crippen molar-refractivity contribution in [1.29, 1.82) is 0 Å². The Morgan fingerprint density at radius 3 is 2.56 bits per heavy atom. The minimum absolute atomic E-state index is 0.0965. The lowest BCUT2D eigenvalue weighted by Crippen LogP contribution is -2.50. The summed E-state index contributed by atoms with van der Waals surface area (Å²) >= 11 is 3.58. The summed E-state index contributed by atoms with van der Waals surface area (Å²) in [5.74, 6) is -0.0965. The van der Waals surface area contributed by atoms with Crippen LogP contribution in [0.25, 0.3) is 0 Å². The van der Waals surface area contributed by atoms with Crippen molar-refractivity contribution < 1.29 is 4.79 Å². The van der Waals surface area contributed by atoms with Gasteiger partial charge >= 0.3 is 0 Å². The largest absolute Gasteiger partial charge is 0.354 e. The molecule has 1 aliphatic carbocycles. The molecule has 3 N–H and O–H groups in total. The fourth-order valence-electron chi connectivity index (χ4n) is 2.06. The minimum Gasteiger partial charge on any atom is -0.354 e. The SMILES string of the molecule is CC(C)(N)C(=O)NCC1(c2ccccc2Br)CC1. The highest BCUT2D eigenvalue weighted by molar-refractivity contribution is 9.10. The van der Waals surface area contributed by atoms with E-state index in [2.05, 4.69) is 27.3 Å². The zero-order valence-corrected chi connectivity index (χ0v) is 12.4. The summed E-state index contributed by atoms with van der Waals surface area (Å²) in [7, 11) is 0. The maximum Gasteiger partial charge on any atom is 0.239 e. The maximum atomic E-state index is 11.8. The number of amides is 1. The van der Waals surface area contributed by atoms with Gasteiger partial charge in [-0.25, -0.2) is 0 Å². The summed E-state index contributed by atoms with van der Waals surface area (Å²) in [4.78, 5) is 11.8. The summed E-state index contributed by atoms with van der Waals surface area (Å²) in [6.07, 6.45) is 2.22. The summed E-state index contributed by atoms with van der Waals surface area (Å²) in [6.45, 7) is 4.11. The second-order valence-electron chi connectivity index (χ2n) is 5.66. The molecule has 1 aromatic rings. The van der Waals surface area contributed by atoms with Gasteiger partial charge in [-0.15, -0.1) is 0 Å². The van der Waals surface area contributed by atoms with E-state index >= 15 is 0 Å². The Bertz CT molecular complexity index is 461. The van der Waals surface area contributed by atoms with E-state index < -0.39 is 5.54 Å². The van der Waals surface area contributed by atoms with Crippen molar-refractivity contribution in [2.24, 2.45) is 5.73 Å². The first-order valence-corrected chi connectivity index (χ1v) is 6.97. The number of carbonyl (C=O) groups is 1. The van der Waals surface area contributed by atoms with Gasteiger partial charge in [0.25, 0.3) is 0 Å². The molecule has 18 heavy (non-hydrogen) atoms. The molecular formula is C14H19BrN2O. The van der Waals surface area contributed by atoms with Gasteiger partial charge in [0.15, 0.2) is 0 Å². The molecule has 0 atom stereocenters. The van der Waals surface area contributed by atoms with Crippen molar-refractivity contribution in [2.45, 2.75) is 37.6 Å². The quantitative estimate of drug-likeness (QED) is 0.897.